The topological polar surface area (TPSA) is 55.1 Å². The second-order valence-corrected chi connectivity index (χ2v) is 5.78. The highest BCUT2D eigenvalue weighted by Crippen LogP contribution is 2.21. The van der Waals surface area contributed by atoms with Crippen LogP contribution in [0.1, 0.15) is 22.8 Å². The van der Waals surface area contributed by atoms with Gasteiger partial charge < -0.3 is 11.1 Å². The number of primary amides is 1. The molecular formula is C16H16Cl2N2O. The molecule has 0 saturated carbocycles. The van der Waals surface area contributed by atoms with Gasteiger partial charge in [-0.15, -0.1) is 0 Å². The van der Waals surface area contributed by atoms with Gasteiger partial charge in [-0.25, -0.2) is 0 Å². The fourth-order valence-corrected chi connectivity index (χ4v) is 2.51. The molecule has 3 N–H and O–H groups in total. The number of hydrogen-bond acceptors (Lipinski definition) is 2. The Bertz CT molecular complexity index is 641. The van der Waals surface area contributed by atoms with E-state index in [1.165, 1.54) is 5.56 Å². The highest BCUT2D eigenvalue weighted by atomic mass is 35.5. The van der Waals surface area contributed by atoms with Gasteiger partial charge in [-0.2, -0.15) is 0 Å². The van der Waals surface area contributed by atoms with Crippen molar-refractivity contribution < 1.29 is 4.79 Å². The van der Waals surface area contributed by atoms with Gasteiger partial charge in [0.25, 0.3) is 0 Å². The average Bonchev–Trinajstić information content (AvgIpc) is 2.41. The maximum atomic E-state index is 11.1. The molecule has 2 aromatic rings. The van der Waals surface area contributed by atoms with E-state index in [2.05, 4.69) is 12.2 Å². The summed E-state index contributed by atoms with van der Waals surface area (Å²) in [6.45, 7) is 2.07. The molecule has 0 fully saturated rings. The van der Waals surface area contributed by atoms with E-state index < -0.39 is 5.91 Å². The number of halogens is 2. The van der Waals surface area contributed by atoms with Gasteiger partial charge in [0.1, 0.15) is 0 Å². The molecule has 0 aliphatic carbocycles. The van der Waals surface area contributed by atoms with Gasteiger partial charge in [-0.1, -0.05) is 35.3 Å². The highest BCUT2D eigenvalue weighted by Gasteiger charge is 2.09. The lowest BCUT2D eigenvalue weighted by Gasteiger charge is -2.16. The monoisotopic (exact) mass is 322 g/mol. The number of hydrogen-bond donors (Lipinski definition) is 2. The second kappa shape index (κ2) is 6.83. The number of nitrogens with one attached hydrogen (secondary N) is 1. The quantitative estimate of drug-likeness (QED) is 0.869. The van der Waals surface area contributed by atoms with Crippen LogP contribution in [-0.2, 0) is 6.42 Å². The van der Waals surface area contributed by atoms with Crippen molar-refractivity contribution in [2.45, 2.75) is 19.4 Å². The lowest BCUT2D eigenvalue weighted by atomic mass is 10.1. The molecule has 5 heteroatoms. The molecule has 0 saturated heterocycles. The molecule has 2 aromatic carbocycles. The summed E-state index contributed by atoms with van der Waals surface area (Å²) in [5, 5.41) is 4.43. The van der Waals surface area contributed by atoms with Gasteiger partial charge >= 0.3 is 0 Å². The highest BCUT2D eigenvalue weighted by molar-refractivity contribution is 6.34. The summed E-state index contributed by atoms with van der Waals surface area (Å²) in [6.07, 6.45) is 0.854. The Morgan fingerprint density at radius 1 is 1.19 bits per heavy atom. The van der Waals surface area contributed by atoms with Crippen LogP contribution in [0.2, 0.25) is 10.0 Å². The molecule has 0 heterocycles. The molecule has 0 aromatic heterocycles. The van der Waals surface area contributed by atoms with Crippen LogP contribution < -0.4 is 11.1 Å². The third-order valence-electron chi connectivity index (χ3n) is 3.10. The normalized spacial score (nSPS) is 12.0. The van der Waals surface area contributed by atoms with E-state index in [9.17, 15) is 4.79 Å². The largest absolute Gasteiger partial charge is 0.382 e. The molecule has 0 radical (unpaired) electrons. The van der Waals surface area contributed by atoms with E-state index in [4.69, 9.17) is 28.9 Å². The number of rotatable bonds is 5. The molecule has 0 aliphatic rings. The van der Waals surface area contributed by atoms with E-state index >= 15 is 0 Å². The third-order valence-corrected chi connectivity index (χ3v) is 3.67. The van der Waals surface area contributed by atoms with Crippen molar-refractivity contribution in [2.24, 2.45) is 5.73 Å². The smallest absolute Gasteiger partial charge is 0.250 e. The van der Waals surface area contributed by atoms with E-state index in [1.54, 1.807) is 18.2 Å². The van der Waals surface area contributed by atoms with E-state index in [1.807, 2.05) is 24.3 Å². The Kier molecular flexibility index (Phi) is 5.10. The molecule has 1 atom stereocenters. The van der Waals surface area contributed by atoms with Gasteiger partial charge in [0.15, 0.2) is 0 Å². The predicted molar refractivity (Wildman–Crippen MR) is 88.2 cm³/mol. The van der Waals surface area contributed by atoms with Crippen LogP contribution in [-0.4, -0.2) is 11.9 Å². The minimum Gasteiger partial charge on any atom is -0.382 e. The summed E-state index contributed by atoms with van der Waals surface area (Å²) in [5.41, 5.74) is 7.60. The van der Waals surface area contributed by atoms with Crippen molar-refractivity contribution in [1.82, 2.24) is 0 Å². The zero-order valence-corrected chi connectivity index (χ0v) is 13.1. The summed E-state index contributed by atoms with van der Waals surface area (Å²) in [4.78, 5) is 11.1. The molecule has 2 rings (SSSR count). The Labute approximate surface area is 134 Å². The van der Waals surface area contributed by atoms with Gasteiger partial charge in [0.2, 0.25) is 5.91 Å². The maximum Gasteiger partial charge on any atom is 0.250 e. The van der Waals surface area contributed by atoms with Crippen molar-refractivity contribution >= 4 is 34.8 Å². The number of benzene rings is 2. The van der Waals surface area contributed by atoms with E-state index in [-0.39, 0.29) is 6.04 Å². The second-order valence-electron chi connectivity index (χ2n) is 4.93. The summed E-state index contributed by atoms with van der Waals surface area (Å²) in [7, 11) is 0. The number of carbonyl (C=O) groups excluding carboxylic acids is 1. The average molecular weight is 323 g/mol. The molecular weight excluding hydrogens is 307 g/mol. The van der Waals surface area contributed by atoms with Gasteiger partial charge in [-0.3, -0.25) is 4.79 Å². The fourth-order valence-electron chi connectivity index (χ4n) is 2.11. The number of nitrogens with two attached hydrogens (primary N) is 1. The summed E-state index contributed by atoms with van der Waals surface area (Å²) < 4.78 is 0. The Hall–Kier alpha value is -1.71. The van der Waals surface area contributed by atoms with Crippen molar-refractivity contribution in [2.75, 3.05) is 5.32 Å². The summed E-state index contributed by atoms with van der Waals surface area (Å²) >= 11 is 11.9. The first-order chi connectivity index (χ1) is 9.95. The SMILES string of the molecule is CC(Cc1ccc(Cl)cc1)Nc1ccc(C(N)=O)c(Cl)c1. The third kappa shape index (κ3) is 4.38. The molecule has 0 aliphatic heterocycles. The van der Waals surface area contributed by atoms with Crippen LogP contribution in [0.15, 0.2) is 42.5 Å². The van der Waals surface area contributed by atoms with E-state index in [0.29, 0.717) is 10.6 Å². The first-order valence-corrected chi connectivity index (χ1v) is 7.31. The van der Waals surface area contributed by atoms with Crippen LogP contribution in [0.25, 0.3) is 0 Å². The van der Waals surface area contributed by atoms with Crippen molar-refractivity contribution in [1.29, 1.82) is 0 Å². The predicted octanol–water partition coefficient (Wildman–Crippen LogP) is 4.14. The van der Waals surface area contributed by atoms with Crippen molar-refractivity contribution in [3.8, 4) is 0 Å². The number of carbonyl (C=O) groups is 1. The van der Waals surface area contributed by atoms with Crippen LogP contribution in [0.5, 0.6) is 0 Å². The summed E-state index contributed by atoms with van der Waals surface area (Å²) in [5.74, 6) is -0.527. The minimum atomic E-state index is -0.527. The van der Waals surface area contributed by atoms with Gasteiger partial charge in [0, 0.05) is 16.8 Å². The van der Waals surface area contributed by atoms with E-state index in [0.717, 1.165) is 17.1 Å². The van der Waals surface area contributed by atoms with Gasteiger partial charge in [-0.05, 0) is 49.2 Å². The number of anilines is 1. The van der Waals surface area contributed by atoms with Crippen LogP contribution in [0.4, 0.5) is 5.69 Å². The molecule has 1 amide bonds. The first-order valence-electron chi connectivity index (χ1n) is 6.56. The van der Waals surface area contributed by atoms with Crippen molar-refractivity contribution in [3.63, 3.8) is 0 Å². The van der Waals surface area contributed by atoms with Crippen LogP contribution in [0.3, 0.4) is 0 Å². The molecule has 0 spiro atoms. The standard InChI is InChI=1S/C16H16Cl2N2O/c1-10(8-11-2-4-12(17)5-3-11)20-13-6-7-14(16(19)21)15(18)9-13/h2-7,9-10,20H,8H2,1H3,(H2,19,21). The minimum absolute atomic E-state index is 0.210. The van der Waals surface area contributed by atoms with Crippen molar-refractivity contribution in [3.05, 3.63) is 63.6 Å². The summed E-state index contributed by atoms with van der Waals surface area (Å²) in [6, 6.07) is 13.1. The number of amides is 1. The van der Waals surface area contributed by atoms with Crippen LogP contribution in [0, 0.1) is 0 Å². The lowest BCUT2D eigenvalue weighted by Crippen LogP contribution is -2.18. The Morgan fingerprint density at radius 3 is 2.43 bits per heavy atom. The lowest BCUT2D eigenvalue weighted by molar-refractivity contribution is 0.100. The molecule has 3 nitrogen and oxygen atoms in total. The molecule has 1 unspecified atom stereocenters. The molecule has 110 valence electrons. The Morgan fingerprint density at radius 2 is 1.86 bits per heavy atom. The molecule has 21 heavy (non-hydrogen) atoms. The first kappa shape index (κ1) is 15.7. The zero-order chi connectivity index (χ0) is 15.4. The Balaban J connectivity index is 2.02. The van der Waals surface area contributed by atoms with Crippen LogP contribution >= 0.6 is 23.2 Å². The maximum absolute atomic E-state index is 11.1. The fraction of sp³-hybridized carbons (Fsp3) is 0.188. The zero-order valence-electron chi connectivity index (χ0n) is 11.6. The van der Waals surface area contributed by atoms with Gasteiger partial charge in [0.05, 0.1) is 10.6 Å². The molecule has 0 bridgehead atoms.